The van der Waals surface area contributed by atoms with Gasteiger partial charge in [0.2, 0.25) is 0 Å². The molecule has 22 heavy (non-hydrogen) atoms. The van der Waals surface area contributed by atoms with E-state index in [0.29, 0.717) is 27.0 Å². The Morgan fingerprint density at radius 2 is 2.18 bits per heavy atom. The molecule has 0 unspecified atom stereocenters. The summed E-state index contributed by atoms with van der Waals surface area (Å²) in [4.78, 5) is 5.03. The predicted molar refractivity (Wildman–Crippen MR) is 78.8 cm³/mol. The third-order valence-electron chi connectivity index (χ3n) is 2.97. The third kappa shape index (κ3) is 2.82. The minimum absolute atomic E-state index is 0.323. The minimum Gasteiger partial charge on any atom is -0.281 e. The zero-order chi connectivity index (χ0) is 15.7. The maximum Gasteiger partial charge on any atom is 0.416 e. The molecular formula is C14H8F3N3S2. The summed E-state index contributed by atoms with van der Waals surface area (Å²) in [5, 5.41) is 11.6. The average Bonchev–Trinajstić information content (AvgIpc) is 3.04. The molecule has 3 rings (SSSR count). The molecule has 0 fully saturated rings. The number of fused-ring (bicyclic) bond motifs is 1. The van der Waals surface area contributed by atoms with Crippen LogP contribution >= 0.6 is 23.1 Å². The van der Waals surface area contributed by atoms with Crippen LogP contribution < -0.4 is 0 Å². The number of benzene rings is 1. The number of aromatic nitrogens is 2. The SMILES string of the molecule is N#Cc1c(SCc2cccc(C(F)(F)F)c2)nc2sccn12. The van der Waals surface area contributed by atoms with Crippen molar-refractivity contribution < 1.29 is 13.2 Å². The van der Waals surface area contributed by atoms with Crippen molar-refractivity contribution in [1.29, 1.82) is 5.26 Å². The smallest absolute Gasteiger partial charge is 0.281 e. The molecule has 3 nitrogen and oxygen atoms in total. The van der Waals surface area contributed by atoms with E-state index in [4.69, 9.17) is 0 Å². The van der Waals surface area contributed by atoms with Crippen molar-refractivity contribution in [2.24, 2.45) is 0 Å². The van der Waals surface area contributed by atoms with E-state index < -0.39 is 11.7 Å². The second kappa shape index (κ2) is 5.66. The van der Waals surface area contributed by atoms with Crippen LogP contribution in [0.25, 0.3) is 4.96 Å². The van der Waals surface area contributed by atoms with Crippen LogP contribution in [0.4, 0.5) is 13.2 Å². The minimum atomic E-state index is -4.35. The van der Waals surface area contributed by atoms with Crippen LogP contribution in [0.2, 0.25) is 0 Å². The van der Waals surface area contributed by atoms with Crippen LogP contribution in [0.5, 0.6) is 0 Å². The summed E-state index contributed by atoms with van der Waals surface area (Å²) >= 11 is 2.66. The standard InChI is InChI=1S/C14H8F3N3S2/c15-14(16,17)10-3-1-2-9(6-10)8-22-12-11(7-18)20-4-5-21-13(20)19-12/h1-6H,8H2. The largest absolute Gasteiger partial charge is 0.416 e. The van der Waals surface area contributed by atoms with Gasteiger partial charge < -0.3 is 0 Å². The highest BCUT2D eigenvalue weighted by molar-refractivity contribution is 7.98. The van der Waals surface area contributed by atoms with Gasteiger partial charge >= 0.3 is 6.18 Å². The highest BCUT2D eigenvalue weighted by atomic mass is 32.2. The number of nitriles is 1. The fourth-order valence-electron chi connectivity index (χ4n) is 1.96. The molecule has 3 aromatic rings. The van der Waals surface area contributed by atoms with Crippen molar-refractivity contribution in [3.05, 3.63) is 52.7 Å². The molecule has 2 heterocycles. The quantitative estimate of drug-likeness (QED) is 0.656. The summed E-state index contributed by atoms with van der Waals surface area (Å²) in [6, 6.07) is 7.26. The average molecular weight is 339 g/mol. The molecule has 8 heteroatoms. The molecule has 0 bridgehead atoms. The maximum atomic E-state index is 12.7. The first-order valence-electron chi connectivity index (χ1n) is 6.13. The molecule has 0 amide bonds. The molecule has 0 aliphatic rings. The zero-order valence-corrected chi connectivity index (χ0v) is 12.6. The number of nitrogens with zero attached hydrogens (tertiary/aromatic N) is 3. The summed E-state index contributed by atoms with van der Waals surface area (Å²) in [6.45, 7) is 0. The highest BCUT2D eigenvalue weighted by Gasteiger charge is 2.30. The Balaban J connectivity index is 1.82. The first-order chi connectivity index (χ1) is 10.5. The van der Waals surface area contributed by atoms with Crippen molar-refractivity contribution in [3.8, 4) is 6.07 Å². The lowest BCUT2D eigenvalue weighted by atomic mass is 10.1. The number of halogens is 3. The van der Waals surface area contributed by atoms with E-state index in [-0.39, 0.29) is 0 Å². The number of hydrogen-bond acceptors (Lipinski definition) is 4. The van der Waals surface area contributed by atoms with Crippen molar-refractivity contribution in [2.45, 2.75) is 17.0 Å². The summed E-state index contributed by atoms with van der Waals surface area (Å²) in [5.74, 6) is 0.323. The lowest BCUT2D eigenvalue weighted by molar-refractivity contribution is -0.137. The summed E-state index contributed by atoms with van der Waals surface area (Å²) in [6.07, 6.45) is -2.60. The molecule has 0 radical (unpaired) electrons. The topological polar surface area (TPSA) is 41.1 Å². The van der Waals surface area contributed by atoms with Gasteiger partial charge in [0.1, 0.15) is 11.1 Å². The maximum absolute atomic E-state index is 12.7. The first-order valence-corrected chi connectivity index (χ1v) is 8.00. The van der Waals surface area contributed by atoms with Gasteiger partial charge in [-0.15, -0.1) is 11.3 Å². The van der Waals surface area contributed by atoms with E-state index in [1.54, 1.807) is 16.7 Å². The van der Waals surface area contributed by atoms with Crippen molar-refractivity contribution in [1.82, 2.24) is 9.38 Å². The highest BCUT2D eigenvalue weighted by Crippen LogP contribution is 2.32. The Kier molecular flexibility index (Phi) is 3.85. The Labute approximate surface area is 132 Å². The molecule has 0 N–H and O–H groups in total. The van der Waals surface area contributed by atoms with E-state index in [1.807, 2.05) is 5.38 Å². The molecule has 0 spiro atoms. The van der Waals surface area contributed by atoms with E-state index in [1.165, 1.54) is 29.2 Å². The zero-order valence-electron chi connectivity index (χ0n) is 11.0. The van der Waals surface area contributed by atoms with Gasteiger partial charge in [0, 0.05) is 17.3 Å². The van der Waals surface area contributed by atoms with Crippen LogP contribution in [0.1, 0.15) is 16.8 Å². The van der Waals surface area contributed by atoms with Crippen molar-refractivity contribution >= 4 is 28.1 Å². The number of imidazole rings is 1. The van der Waals surface area contributed by atoms with Crippen LogP contribution in [0.3, 0.4) is 0 Å². The fourth-order valence-corrected chi connectivity index (χ4v) is 3.64. The summed E-state index contributed by atoms with van der Waals surface area (Å²) < 4.78 is 39.7. The van der Waals surface area contributed by atoms with E-state index in [2.05, 4.69) is 11.1 Å². The van der Waals surface area contributed by atoms with E-state index >= 15 is 0 Å². The van der Waals surface area contributed by atoms with Crippen molar-refractivity contribution in [2.75, 3.05) is 0 Å². The van der Waals surface area contributed by atoms with Gasteiger partial charge in [0.25, 0.3) is 0 Å². The van der Waals surface area contributed by atoms with Crippen LogP contribution in [-0.4, -0.2) is 9.38 Å². The molecule has 0 aliphatic heterocycles. The van der Waals surface area contributed by atoms with Gasteiger partial charge in [0.15, 0.2) is 10.7 Å². The third-order valence-corrected chi connectivity index (χ3v) is 4.76. The van der Waals surface area contributed by atoms with E-state index in [0.717, 1.165) is 12.1 Å². The Bertz CT molecular complexity index is 858. The number of thiazole rings is 1. The fraction of sp³-hybridized carbons (Fsp3) is 0.143. The van der Waals surface area contributed by atoms with Gasteiger partial charge in [-0.05, 0) is 11.6 Å². The number of rotatable bonds is 3. The molecular weight excluding hydrogens is 331 g/mol. The summed E-state index contributed by atoms with van der Waals surface area (Å²) in [5.41, 5.74) is 0.283. The van der Waals surface area contributed by atoms with Crippen LogP contribution in [-0.2, 0) is 11.9 Å². The molecule has 0 atom stereocenters. The van der Waals surface area contributed by atoms with Gasteiger partial charge in [-0.3, -0.25) is 4.40 Å². The monoisotopic (exact) mass is 339 g/mol. The molecule has 0 saturated heterocycles. The second-order valence-electron chi connectivity index (χ2n) is 4.42. The summed E-state index contributed by atoms with van der Waals surface area (Å²) in [7, 11) is 0. The molecule has 0 aliphatic carbocycles. The predicted octanol–water partition coefficient (Wildman–Crippen LogP) is 4.58. The Hall–Kier alpha value is -1.98. The first kappa shape index (κ1) is 14.9. The molecule has 112 valence electrons. The number of alkyl halides is 3. The normalized spacial score (nSPS) is 11.7. The molecule has 0 saturated carbocycles. The van der Waals surface area contributed by atoms with Crippen LogP contribution in [0, 0.1) is 11.3 Å². The molecule has 1 aromatic carbocycles. The van der Waals surface area contributed by atoms with Gasteiger partial charge in [-0.25, -0.2) is 4.98 Å². The second-order valence-corrected chi connectivity index (χ2v) is 6.26. The lowest BCUT2D eigenvalue weighted by Crippen LogP contribution is -2.04. The van der Waals surface area contributed by atoms with Gasteiger partial charge in [-0.1, -0.05) is 30.0 Å². The van der Waals surface area contributed by atoms with Gasteiger partial charge in [0.05, 0.1) is 5.56 Å². The number of hydrogen-bond donors (Lipinski definition) is 0. The van der Waals surface area contributed by atoms with Crippen LogP contribution in [0.15, 0.2) is 40.9 Å². The Morgan fingerprint density at radius 3 is 2.91 bits per heavy atom. The van der Waals surface area contributed by atoms with Gasteiger partial charge in [-0.2, -0.15) is 18.4 Å². The molecule has 2 aromatic heterocycles. The Morgan fingerprint density at radius 1 is 1.36 bits per heavy atom. The lowest BCUT2D eigenvalue weighted by Gasteiger charge is -2.08. The van der Waals surface area contributed by atoms with Crippen molar-refractivity contribution in [3.63, 3.8) is 0 Å². The number of thioether (sulfide) groups is 1. The van der Waals surface area contributed by atoms with E-state index in [9.17, 15) is 18.4 Å².